The van der Waals surface area contributed by atoms with Crippen LogP contribution < -0.4 is 15.4 Å². The summed E-state index contributed by atoms with van der Waals surface area (Å²) in [4.78, 5) is 11.7. The van der Waals surface area contributed by atoms with Crippen molar-refractivity contribution in [2.75, 3.05) is 13.7 Å². The molecular weight excluding hydrogens is 292 g/mol. The van der Waals surface area contributed by atoms with Crippen molar-refractivity contribution in [2.24, 2.45) is 5.92 Å². The first kappa shape index (κ1) is 17.6. The normalized spacial score (nSPS) is 12.1. The van der Waals surface area contributed by atoms with Crippen molar-refractivity contribution in [3.63, 3.8) is 0 Å². The number of ether oxygens (including phenoxy) is 1. The van der Waals surface area contributed by atoms with Crippen LogP contribution in [0.3, 0.4) is 0 Å². The molecule has 0 saturated heterocycles. The fourth-order valence-electron chi connectivity index (χ4n) is 1.77. The first-order chi connectivity index (χ1) is 9.93. The van der Waals surface area contributed by atoms with Gasteiger partial charge in [-0.3, -0.25) is 0 Å². The fourth-order valence-corrected chi connectivity index (χ4v) is 1.93. The second-order valence-corrected chi connectivity index (χ2v) is 5.60. The van der Waals surface area contributed by atoms with Gasteiger partial charge in [0.05, 0.1) is 13.2 Å². The second-order valence-electron chi connectivity index (χ2n) is 5.17. The van der Waals surface area contributed by atoms with Gasteiger partial charge in [-0.15, -0.1) is 0 Å². The quantitative estimate of drug-likeness (QED) is 0.724. The summed E-state index contributed by atoms with van der Waals surface area (Å²) in [6.45, 7) is 4.66. The van der Waals surface area contributed by atoms with Crippen molar-refractivity contribution in [1.82, 2.24) is 10.6 Å². The molecule has 1 aromatic rings. The fraction of sp³-hybridized carbons (Fsp3) is 0.533. The topological polar surface area (TPSA) is 70.6 Å². The highest BCUT2D eigenvalue weighted by Gasteiger charge is 2.10. The minimum absolute atomic E-state index is 0.188. The molecule has 0 spiro atoms. The van der Waals surface area contributed by atoms with Crippen LogP contribution in [0.5, 0.6) is 5.75 Å². The number of halogens is 1. The number of carbonyl (C=O) groups excluding carboxylic acids is 1. The summed E-state index contributed by atoms with van der Waals surface area (Å²) in [5, 5.41) is 15.7. The van der Waals surface area contributed by atoms with Crippen molar-refractivity contribution < 1.29 is 14.6 Å². The van der Waals surface area contributed by atoms with E-state index in [9.17, 15) is 9.90 Å². The molecule has 0 saturated carbocycles. The van der Waals surface area contributed by atoms with Crippen LogP contribution in [-0.2, 0) is 6.54 Å². The Morgan fingerprint density at radius 1 is 1.38 bits per heavy atom. The van der Waals surface area contributed by atoms with E-state index in [1.807, 2.05) is 19.9 Å². The Hall–Kier alpha value is -1.46. The molecule has 0 aliphatic rings. The first-order valence-corrected chi connectivity index (χ1v) is 7.34. The Morgan fingerprint density at radius 3 is 2.71 bits per heavy atom. The minimum Gasteiger partial charge on any atom is -0.496 e. The highest BCUT2D eigenvalue weighted by molar-refractivity contribution is 6.30. The Balaban J connectivity index is 2.36. The third-order valence-electron chi connectivity index (χ3n) is 3.18. The zero-order valence-corrected chi connectivity index (χ0v) is 13.4. The summed E-state index contributed by atoms with van der Waals surface area (Å²) in [6, 6.07) is 4.99. The Labute approximate surface area is 130 Å². The lowest BCUT2D eigenvalue weighted by Crippen LogP contribution is -2.37. The molecule has 3 N–H and O–H groups in total. The van der Waals surface area contributed by atoms with E-state index in [-0.39, 0.29) is 11.9 Å². The highest BCUT2D eigenvalue weighted by atomic mass is 35.5. The number of carbonyl (C=O) groups is 1. The average Bonchev–Trinajstić information content (AvgIpc) is 2.45. The van der Waals surface area contributed by atoms with Gasteiger partial charge >= 0.3 is 6.03 Å². The van der Waals surface area contributed by atoms with E-state index in [4.69, 9.17) is 16.3 Å². The third-order valence-corrected chi connectivity index (χ3v) is 3.42. The van der Waals surface area contributed by atoms with Gasteiger partial charge in [-0.2, -0.15) is 0 Å². The maximum Gasteiger partial charge on any atom is 0.315 e. The molecule has 1 atom stereocenters. The van der Waals surface area contributed by atoms with Gasteiger partial charge in [0.15, 0.2) is 0 Å². The number of methoxy groups -OCH3 is 1. The molecule has 2 amide bonds. The number of hydrogen-bond donors (Lipinski definition) is 3. The summed E-state index contributed by atoms with van der Waals surface area (Å²) < 4.78 is 5.21. The maximum atomic E-state index is 11.7. The van der Waals surface area contributed by atoms with Crippen LogP contribution in [0.15, 0.2) is 18.2 Å². The Kier molecular flexibility index (Phi) is 7.32. The van der Waals surface area contributed by atoms with Crippen LogP contribution >= 0.6 is 11.6 Å². The van der Waals surface area contributed by atoms with E-state index in [0.717, 1.165) is 5.56 Å². The molecule has 5 nitrogen and oxygen atoms in total. The van der Waals surface area contributed by atoms with Crippen LogP contribution in [0.2, 0.25) is 5.02 Å². The molecule has 6 heteroatoms. The van der Waals surface area contributed by atoms with Crippen molar-refractivity contribution in [3.8, 4) is 5.75 Å². The zero-order valence-electron chi connectivity index (χ0n) is 12.6. The molecule has 0 bridgehead atoms. The molecule has 0 radical (unpaired) electrons. The van der Waals surface area contributed by atoms with Crippen molar-refractivity contribution in [2.45, 2.75) is 32.9 Å². The second kappa shape index (κ2) is 8.74. The van der Waals surface area contributed by atoms with E-state index in [1.54, 1.807) is 19.2 Å². The van der Waals surface area contributed by atoms with Crippen LogP contribution in [0.1, 0.15) is 25.8 Å². The third kappa shape index (κ3) is 6.23. The summed E-state index contributed by atoms with van der Waals surface area (Å²) in [5.41, 5.74) is 0.847. The standard InChI is InChI=1S/C15H23ClN2O3/c1-10(2)13(19)6-7-17-15(20)18-9-11-4-5-12(16)8-14(11)21-3/h4-5,8,10,13,19H,6-7,9H2,1-3H3,(H2,17,18,20). The van der Waals surface area contributed by atoms with E-state index in [1.165, 1.54) is 0 Å². The molecule has 0 aliphatic heterocycles. The Bertz CT molecular complexity index is 466. The van der Waals surface area contributed by atoms with Crippen LogP contribution in [0, 0.1) is 5.92 Å². The van der Waals surface area contributed by atoms with Crippen LogP contribution in [0.25, 0.3) is 0 Å². The van der Waals surface area contributed by atoms with Gasteiger partial charge in [0.2, 0.25) is 0 Å². The highest BCUT2D eigenvalue weighted by Crippen LogP contribution is 2.22. The van der Waals surface area contributed by atoms with Gasteiger partial charge in [-0.05, 0) is 24.5 Å². The van der Waals surface area contributed by atoms with E-state index >= 15 is 0 Å². The number of amides is 2. The van der Waals surface area contributed by atoms with Crippen molar-refractivity contribution in [1.29, 1.82) is 0 Å². The lowest BCUT2D eigenvalue weighted by molar-refractivity contribution is 0.116. The van der Waals surface area contributed by atoms with Gasteiger partial charge in [0, 0.05) is 23.7 Å². The number of aliphatic hydroxyl groups excluding tert-OH is 1. The van der Waals surface area contributed by atoms with Crippen molar-refractivity contribution in [3.05, 3.63) is 28.8 Å². The van der Waals surface area contributed by atoms with Crippen LogP contribution in [-0.4, -0.2) is 30.9 Å². The predicted molar refractivity (Wildman–Crippen MR) is 83.7 cm³/mol. The Morgan fingerprint density at radius 2 is 2.10 bits per heavy atom. The summed E-state index contributed by atoms with van der Waals surface area (Å²) in [7, 11) is 1.56. The maximum absolute atomic E-state index is 11.7. The summed E-state index contributed by atoms with van der Waals surface area (Å²) >= 11 is 5.88. The van der Waals surface area contributed by atoms with Gasteiger partial charge < -0.3 is 20.5 Å². The van der Waals surface area contributed by atoms with E-state index in [2.05, 4.69) is 10.6 Å². The average molecular weight is 315 g/mol. The van der Waals surface area contributed by atoms with Crippen molar-refractivity contribution >= 4 is 17.6 Å². The van der Waals surface area contributed by atoms with Gasteiger partial charge in [0.1, 0.15) is 5.75 Å². The molecule has 0 fully saturated rings. The number of rotatable bonds is 7. The lowest BCUT2D eigenvalue weighted by atomic mass is 10.0. The lowest BCUT2D eigenvalue weighted by Gasteiger charge is -2.15. The minimum atomic E-state index is -0.401. The number of aliphatic hydroxyl groups is 1. The SMILES string of the molecule is COc1cc(Cl)ccc1CNC(=O)NCCC(O)C(C)C. The smallest absolute Gasteiger partial charge is 0.315 e. The number of hydrogen-bond acceptors (Lipinski definition) is 3. The van der Waals surface area contributed by atoms with E-state index in [0.29, 0.717) is 30.3 Å². The van der Waals surface area contributed by atoms with Gasteiger partial charge in [-0.1, -0.05) is 31.5 Å². The first-order valence-electron chi connectivity index (χ1n) is 6.96. The molecule has 0 heterocycles. The van der Waals surface area contributed by atoms with E-state index < -0.39 is 6.10 Å². The summed E-state index contributed by atoms with van der Waals surface area (Å²) in [5.74, 6) is 0.825. The van der Waals surface area contributed by atoms with Gasteiger partial charge in [0.25, 0.3) is 0 Å². The number of benzene rings is 1. The molecule has 21 heavy (non-hydrogen) atoms. The molecule has 1 unspecified atom stereocenters. The summed E-state index contributed by atoms with van der Waals surface area (Å²) in [6.07, 6.45) is 0.136. The largest absolute Gasteiger partial charge is 0.496 e. The molecule has 1 aromatic carbocycles. The zero-order chi connectivity index (χ0) is 15.8. The molecule has 1 rings (SSSR count). The molecule has 118 valence electrons. The number of nitrogens with one attached hydrogen (secondary N) is 2. The molecular formula is C15H23ClN2O3. The van der Waals surface area contributed by atoms with Crippen LogP contribution in [0.4, 0.5) is 4.79 Å². The molecule has 0 aliphatic carbocycles. The van der Waals surface area contributed by atoms with Gasteiger partial charge in [-0.25, -0.2) is 4.79 Å². The monoisotopic (exact) mass is 314 g/mol. The number of urea groups is 1. The predicted octanol–water partition coefficient (Wildman–Crippen LogP) is 2.55. The molecule has 0 aromatic heterocycles.